The fourth-order valence-corrected chi connectivity index (χ4v) is 7.48. The van der Waals surface area contributed by atoms with Crippen molar-refractivity contribution in [3.63, 3.8) is 0 Å². The smallest absolute Gasteiger partial charge is 0.306 e. The molecule has 0 rings (SSSR count). The number of aliphatic hydroxyl groups is 2. The molecule has 0 spiro atoms. The fourth-order valence-electron chi connectivity index (χ4n) is 7.48. The molecule has 0 aromatic carbocycles. The van der Waals surface area contributed by atoms with Gasteiger partial charge in [0, 0.05) is 6.42 Å². The molecule has 3 unspecified atom stereocenters. The number of ether oxygens (including phenoxy) is 1. The number of carbonyl (C=O) groups is 2. The Morgan fingerprint density at radius 1 is 0.508 bits per heavy atom. The summed E-state index contributed by atoms with van der Waals surface area (Å²) < 4.78 is 5.89. The Morgan fingerprint density at radius 2 is 0.967 bits per heavy atom. The zero-order valence-corrected chi connectivity index (χ0v) is 40.0. The standard InChI is InChI=1S/C55H97NO5/c1-4-7-10-13-16-19-22-24-26-27-28-30-33-36-39-42-45-48-55(60)61-51(46-43-40-37-34-31-21-18-15-12-9-6-3)49-54(59)56-52(50-57)53(58)47-44-41-38-35-32-29-25-23-20-17-14-11-8-5-2/h9,12,15-16,18-19,21,24,26,31,34,37,51-53,57-58H,4-8,10-11,13-14,17,20,22-23,25,27-30,32-33,35-36,38-50H2,1-3H3,(H,56,59)/b12-9+,18-15+,19-16-,26-24-,31-21-,37-34-. The summed E-state index contributed by atoms with van der Waals surface area (Å²) in [6.45, 7) is 6.29. The molecule has 0 bridgehead atoms. The highest BCUT2D eigenvalue weighted by atomic mass is 16.5. The topological polar surface area (TPSA) is 95.9 Å². The van der Waals surface area contributed by atoms with Gasteiger partial charge < -0.3 is 20.3 Å². The number of hydrogen-bond donors (Lipinski definition) is 3. The maximum atomic E-state index is 13.2. The highest BCUT2D eigenvalue weighted by molar-refractivity contribution is 5.77. The SMILES string of the molecule is CC/C=C/C=C/C=C\C=C/CCCC(CC(=O)NC(CO)C(O)CCCCCCCCCCCCCCCC)OC(=O)CCCCCCCCC/C=C\C/C=C\CCCCC. The normalized spacial score (nSPS) is 13.9. The molecule has 6 heteroatoms. The molecule has 0 radical (unpaired) electrons. The minimum Gasteiger partial charge on any atom is -0.462 e. The Morgan fingerprint density at radius 3 is 1.52 bits per heavy atom. The van der Waals surface area contributed by atoms with Gasteiger partial charge in [-0.3, -0.25) is 9.59 Å². The van der Waals surface area contributed by atoms with E-state index in [0.29, 0.717) is 19.3 Å². The van der Waals surface area contributed by atoms with Gasteiger partial charge in [0.2, 0.25) is 5.91 Å². The zero-order chi connectivity index (χ0) is 44.5. The third-order valence-electron chi connectivity index (χ3n) is 11.4. The van der Waals surface area contributed by atoms with Crippen molar-refractivity contribution in [2.75, 3.05) is 6.61 Å². The van der Waals surface area contributed by atoms with E-state index in [0.717, 1.165) is 70.6 Å². The third-order valence-corrected chi connectivity index (χ3v) is 11.4. The van der Waals surface area contributed by atoms with Gasteiger partial charge in [-0.15, -0.1) is 0 Å². The maximum absolute atomic E-state index is 13.2. The molecular weight excluding hydrogens is 755 g/mol. The quantitative estimate of drug-likeness (QED) is 0.0245. The van der Waals surface area contributed by atoms with E-state index in [1.165, 1.54) is 122 Å². The molecule has 3 atom stereocenters. The van der Waals surface area contributed by atoms with Gasteiger partial charge in [-0.2, -0.15) is 0 Å². The van der Waals surface area contributed by atoms with E-state index in [9.17, 15) is 19.8 Å². The van der Waals surface area contributed by atoms with E-state index in [2.05, 4.69) is 62.5 Å². The molecular formula is C55H97NO5. The van der Waals surface area contributed by atoms with Gasteiger partial charge in [-0.1, -0.05) is 229 Å². The van der Waals surface area contributed by atoms with Crippen LogP contribution < -0.4 is 5.32 Å². The molecule has 0 aliphatic carbocycles. The van der Waals surface area contributed by atoms with Crippen LogP contribution in [-0.2, 0) is 14.3 Å². The number of nitrogens with one attached hydrogen (secondary N) is 1. The number of allylic oxidation sites excluding steroid dienone is 12. The lowest BCUT2D eigenvalue weighted by atomic mass is 10.0. The van der Waals surface area contributed by atoms with E-state index in [-0.39, 0.29) is 24.9 Å². The van der Waals surface area contributed by atoms with E-state index < -0.39 is 18.2 Å². The summed E-state index contributed by atoms with van der Waals surface area (Å²) in [6, 6.07) is -0.726. The fraction of sp³-hybridized carbons (Fsp3) is 0.745. The molecule has 61 heavy (non-hydrogen) atoms. The number of esters is 1. The van der Waals surface area contributed by atoms with Crippen molar-refractivity contribution >= 4 is 11.9 Å². The summed E-state index contributed by atoms with van der Waals surface area (Å²) in [5.41, 5.74) is 0. The predicted molar refractivity (Wildman–Crippen MR) is 264 cm³/mol. The van der Waals surface area contributed by atoms with Gasteiger partial charge in [0.25, 0.3) is 0 Å². The Kier molecular flexibility index (Phi) is 46.2. The Hall–Kier alpha value is -2.70. The minimum atomic E-state index is -0.808. The van der Waals surface area contributed by atoms with Gasteiger partial charge >= 0.3 is 5.97 Å². The van der Waals surface area contributed by atoms with Crippen molar-refractivity contribution in [3.8, 4) is 0 Å². The number of amides is 1. The summed E-state index contributed by atoms with van der Waals surface area (Å²) in [5, 5.41) is 23.7. The number of carbonyl (C=O) groups excluding carboxylic acids is 2. The van der Waals surface area contributed by atoms with Crippen LogP contribution in [0.25, 0.3) is 0 Å². The second kappa shape index (κ2) is 48.3. The van der Waals surface area contributed by atoms with E-state index in [4.69, 9.17) is 4.74 Å². The van der Waals surface area contributed by atoms with Crippen LogP contribution in [0, 0.1) is 0 Å². The summed E-state index contributed by atoms with van der Waals surface area (Å²) in [6.07, 6.45) is 61.1. The summed E-state index contributed by atoms with van der Waals surface area (Å²) in [5.74, 6) is -0.552. The van der Waals surface area contributed by atoms with E-state index in [1.807, 2.05) is 36.5 Å². The molecule has 0 fully saturated rings. The number of aliphatic hydroxyl groups excluding tert-OH is 2. The van der Waals surface area contributed by atoms with Crippen molar-refractivity contribution in [1.29, 1.82) is 0 Å². The first-order chi connectivity index (χ1) is 30.0. The largest absolute Gasteiger partial charge is 0.462 e. The van der Waals surface area contributed by atoms with Crippen LogP contribution >= 0.6 is 0 Å². The first-order valence-electron chi connectivity index (χ1n) is 25.7. The lowest BCUT2D eigenvalue weighted by Gasteiger charge is -2.24. The van der Waals surface area contributed by atoms with Gasteiger partial charge in [0.1, 0.15) is 6.10 Å². The molecule has 3 N–H and O–H groups in total. The Labute approximate surface area is 377 Å². The highest BCUT2D eigenvalue weighted by Gasteiger charge is 2.24. The van der Waals surface area contributed by atoms with Crippen LogP contribution in [0.2, 0.25) is 0 Å². The van der Waals surface area contributed by atoms with Crippen molar-refractivity contribution in [3.05, 3.63) is 72.9 Å². The average Bonchev–Trinajstić information content (AvgIpc) is 3.25. The first kappa shape index (κ1) is 58.3. The van der Waals surface area contributed by atoms with Gasteiger partial charge in [0.15, 0.2) is 0 Å². The lowest BCUT2D eigenvalue weighted by molar-refractivity contribution is -0.151. The molecule has 352 valence electrons. The van der Waals surface area contributed by atoms with E-state index >= 15 is 0 Å². The first-order valence-corrected chi connectivity index (χ1v) is 25.7. The number of unbranched alkanes of at least 4 members (excludes halogenated alkanes) is 24. The average molecular weight is 852 g/mol. The van der Waals surface area contributed by atoms with Gasteiger partial charge in [-0.05, 0) is 70.6 Å². The predicted octanol–water partition coefficient (Wildman–Crippen LogP) is 15.4. The molecule has 0 saturated carbocycles. The molecule has 1 amide bonds. The molecule has 0 aliphatic rings. The van der Waals surface area contributed by atoms with Crippen LogP contribution in [0.3, 0.4) is 0 Å². The van der Waals surface area contributed by atoms with Crippen molar-refractivity contribution in [1.82, 2.24) is 5.32 Å². The second-order valence-electron chi connectivity index (χ2n) is 17.3. The van der Waals surface area contributed by atoms with Crippen LogP contribution in [0.4, 0.5) is 0 Å². The highest BCUT2D eigenvalue weighted by Crippen LogP contribution is 2.17. The van der Waals surface area contributed by atoms with Gasteiger partial charge in [-0.25, -0.2) is 0 Å². The summed E-state index contributed by atoms with van der Waals surface area (Å²) in [4.78, 5) is 26.1. The van der Waals surface area contributed by atoms with Gasteiger partial charge in [0.05, 0.1) is 25.2 Å². The molecule has 6 nitrogen and oxygen atoms in total. The number of rotatable bonds is 45. The van der Waals surface area contributed by atoms with Crippen LogP contribution in [0.5, 0.6) is 0 Å². The molecule has 0 heterocycles. The summed E-state index contributed by atoms with van der Waals surface area (Å²) >= 11 is 0. The van der Waals surface area contributed by atoms with E-state index in [1.54, 1.807) is 0 Å². The lowest BCUT2D eigenvalue weighted by Crippen LogP contribution is -2.46. The molecule has 0 saturated heterocycles. The van der Waals surface area contributed by atoms with Crippen LogP contribution in [0.15, 0.2) is 72.9 Å². The third kappa shape index (κ3) is 43.7. The molecule has 0 aromatic rings. The van der Waals surface area contributed by atoms with Crippen molar-refractivity contribution in [2.45, 2.75) is 257 Å². The zero-order valence-electron chi connectivity index (χ0n) is 40.0. The monoisotopic (exact) mass is 852 g/mol. The van der Waals surface area contributed by atoms with Crippen molar-refractivity contribution < 1.29 is 24.5 Å². The molecule has 0 aromatic heterocycles. The van der Waals surface area contributed by atoms with Crippen molar-refractivity contribution in [2.24, 2.45) is 0 Å². The number of hydrogen-bond acceptors (Lipinski definition) is 5. The maximum Gasteiger partial charge on any atom is 0.306 e. The second-order valence-corrected chi connectivity index (χ2v) is 17.3. The van der Waals surface area contributed by atoms with Crippen LogP contribution in [0.1, 0.15) is 239 Å². The molecule has 0 aliphatic heterocycles. The minimum absolute atomic E-state index is 0.0262. The van der Waals surface area contributed by atoms with Crippen LogP contribution in [-0.4, -0.2) is 46.9 Å². The summed E-state index contributed by atoms with van der Waals surface area (Å²) in [7, 11) is 0. The Bertz CT molecular complexity index is 1140. The Balaban J connectivity index is 4.59.